The van der Waals surface area contributed by atoms with Crippen LogP contribution in [0.3, 0.4) is 0 Å². The lowest BCUT2D eigenvalue weighted by Crippen LogP contribution is -2.35. The van der Waals surface area contributed by atoms with Gasteiger partial charge in [-0.25, -0.2) is 4.98 Å². The molecule has 20 heavy (non-hydrogen) atoms. The Labute approximate surface area is 113 Å². The molecular formula is C13H14F3N3O. The summed E-state index contributed by atoms with van der Waals surface area (Å²) in [5, 5.41) is 3.11. The number of imidazole rings is 1. The van der Waals surface area contributed by atoms with Gasteiger partial charge >= 0.3 is 6.18 Å². The maximum atomic E-state index is 12.8. The smallest absolute Gasteiger partial charge is 0.368 e. The Bertz CT molecular complexity index is 602. The Morgan fingerprint density at radius 3 is 2.85 bits per heavy atom. The Morgan fingerprint density at radius 1 is 1.35 bits per heavy atom. The molecule has 0 amide bonds. The molecular weight excluding hydrogens is 271 g/mol. The van der Waals surface area contributed by atoms with E-state index in [4.69, 9.17) is 4.74 Å². The normalized spacial score (nSPS) is 20.4. The maximum absolute atomic E-state index is 12.8. The maximum Gasteiger partial charge on any atom is 0.406 e. The van der Waals surface area contributed by atoms with Gasteiger partial charge in [-0.2, -0.15) is 13.2 Å². The van der Waals surface area contributed by atoms with E-state index < -0.39 is 18.8 Å². The summed E-state index contributed by atoms with van der Waals surface area (Å²) in [4.78, 5) is 4.32. The molecule has 1 atom stereocenters. The lowest BCUT2D eigenvalue weighted by Gasteiger charge is -2.24. The summed E-state index contributed by atoms with van der Waals surface area (Å²) in [5.41, 5.74) is 1.04. The van der Waals surface area contributed by atoms with Crippen molar-refractivity contribution in [2.45, 2.75) is 18.8 Å². The molecule has 7 heteroatoms. The highest BCUT2D eigenvalue weighted by atomic mass is 19.4. The predicted octanol–water partition coefficient (Wildman–Crippen LogP) is 2.26. The minimum Gasteiger partial charge on any atom is -0.368 e. The topological polar surface area (TPSA) is 39.1 Å². The third-order valence-electron chi connectivity index (χ3n) is 3.24. The third-order valence-corrected chi connectivity index (χ3v) is 3.24. The van der Waals surface area contributed by atoms with Gasteiger partial charge in [-0.1, -0.05) is 12.1 Å². The molecule has 0 bridgehead atoms. The molecule has 2 heterocycles. The second-order valence-corrected chi connectivity index (χ2v) is 4.72. The fourth-order valence-corrected chi connectivity index (χ4v) is 2.42. The van der Waals surface area contributed by atoms with Crippen molar-refractivity contribution in [1.29, 1.82) is 0 Å². The van der Waals surface area contributed by atoms with Crippen LogP contribution in [0.15, 0.2) is 24.3 Å². The molecule has 0 aliphatic carbocycles. The highest BCUT2D eigenvalue weighted by Gasteiger charge is 2.32. The number of nitrogens with zero attached hydrogens (tertiary/aromatic N) is 2. The van der Waals surface area contributed by atoms with Crippen molar-refractivity contribution in [3.8, 4) is 0 Å². The molecule has 1 saturated heterocycles. The Kier molecular flexibility index (Phi) is 3.39. The minimum atomic E-state index is -4.29. The molecule has 0 radical (unpaired) electrons. The fourth-order valence-electron chi connectivity index (χ4n) is 2.42. The van der Waals surface area contributed by atoms with Gasteiger partial charge in [0.25, 0.3) is 0 Å². The van der Waals surface area contributed by atoms with E-state index >= 15 is 0 Å². The number of hydrogen-bond donors (Lipinski definition) is 1. The SMILES string of the molecule is FC(F)(F)Cn1c(C2CNCCO2)nc2ccccc21. The van der Waals surface area contributed by atoms with E-state index in [0.717, 1.165) is 0 Å². The molecule has 1 unspecified atom stereocenters. The van der Waals surface area contributed by atoms with Crippen molar-refractivity contribution in [3.05, 3.63) is 30.1 Å². The summed E-state index contributed by atoms with van der Waals surface area (Å²) in [6, 6.07) is 6.83. The first kappa shape index (κ1) is 13.4. The monoisotopic (exact) mass is 285 g/mol. The Morgan fingerprint density at radius 2 is 2.15 bits per heavy atom. The molecule has 1 aromatic heterocycles. The number of fused-ring (bicyclic) bond motifs is 1. The first-order chi connectivity index (χ1) is 9.54. The summed E-state index contributed by atoms with van der Waals surface area (Å²) >= 11 is 0. The van der Waals surface area contributed by atoms with Gasteiger partial charge in [-0.3, -0.25) is 0 Å². The van der Waals surface area contributed by atoms with Crippen molar-refractivity contribution in [2.24, 2.45) is 0 Å². The van der Waals surface area contributed by atoms with Crippen LogP contribution in [0, 0.1) is 0 Å². The van der Waals surface area contributed by atoms with Gasteiger partial charge in [0, 0.05) is 13.1 Å². The number of rotatable bonds is 2. The third kappa shape index (κ3) is 2.64. The zero-order valence-corrected chi connectivity index (χ0v) is 10.7. The van der Waals surface area contributed by atoms with Crippen molar-refractivity contribution < 1.29 is 17.9 Å². The number of aromatic nitrogens is 2. The molecule has 1 fully saturated rings. The van der Waals surface area contributed by atoms with E-state index in [2.05, 4.69) is 10.3 Å². The van der Waals surface area contributed by atoms with E-state index in [1.165, 1.54) is 4.57 Å². The van der Waals surface area contributed by atoms with Gasteiger partial charge in [0.15, 0.2) is 0 Å². The highest BCUT2D eigenvalue weighted by molar-refractivity contribution is 5.76. The molecule has 1 N–H and O–H groups in total. The average Bonchev–Trinajstić information content (AvgIpc) is 2.77. The number of ether oxygens (including phenoxy) is 1. The van der Waals surface area contributed by atoms with Crippen LogP contribution in [0.1, 0.15) is 11.9 Å². The van der Waals surface area contributed by atoms with Crippen molar-refractivity contribution in [3.63, 3.8) is 0 Å². The van der Waals surface area contributed by atoms with E-state index in [1.54, 1.807) is 24.3 Å². The second-order valence-electron chi connectivity index (χ2n) is 4.72. The van der Waals surface area contributed by atoms with E-state index in [0.29, 0.717) is 36.6 Å². The predicted molar refractivity (Wildman–Crippen MR) is 67.4 cm³/mol. The van der Waals surface area contributed by atoms with Crippen molar-refractivity contribution in [1.82, 2.24) is 14.9 Å². The molecule has 4 nitrogen and oxygen atoms in total. The summed E-state index contributed by atoms with van der Waals surface area (Å²) in [5.74, 6) is 0.329. The summed E-state index contributed by atoms with van der Waals surface area (Å²) < 4.78 is 45.1. The molecule has 0 spiro atoms. The number of hydrogen-bond acceptors (Lipinski definition) is 3. The number of nitrogens with one attached hydrogen (secondary N) is 1. The van der Waals surface area contributed by atoms with Crippen LogP contribution < -0.4 is 5.32 Å². The van der Waals surface area contributed by atoms with E-state index in [1.807, 2.05) is 0 Å². The highest BCUT2D eigenvalue weighted by Crippen LogP contribution is 2.28. The molecule has 0 saturated carbocycles. The summed E-state index contributed by atoms with van der Waals surface area (Å²) in [6.45, 7) is 0.597. The van der Waals surface area contributed by atoms with Crippen LogP contribution >= 0.6 is 0 Å². The average molecular weight is 285 g/mol. The van der Waals surface area contributed by atoms with Crippen molar-refractivity contribution in [2.75, 3.05) is 19.7 Å². The van der Waals surface area contributed by atoms with Crippen LogP contribution in [0.25, 0.3) is 11.0 Å². The standard InChI is InChI=1S/C13H14F3N3O/c14-13(15,16)8-19-10-4-2-1-3-9(10)18-12(19)11-7-17-5-6-20-11/h1-4,11,17H,5-8H2. The number of alkyl halides is 3. The van der Waals surface area contributed by atoms with Gasteiger partial charge in [0.1, 0.15) is 18.5 Å². The second kappa shape index (κ2) is 5.06. The van der Waals surface area contributed by atoms with Crippen LogP contribution in [-0.4, -0.2) is 35.4 Å². The zero-order valence-electron chi connectivity index (χ0n) is 10.7. The first-order valence-electron chi connectivity index (χ1n) is 6.39. The van der Waals surface area contributed by atoms with Crippen LogP contribution in [0.4, 0.5) is 13.2 Å². The summed E-state index contributed by atoms with van der Waals surface area (Å²) in [6.07, 6.45) is -4.74. The minimum absolute atomic E-state index is 0.329. The van der Waals surface area contributed by atoms with Gasteiger partial charge in [0.2, 0.25) is 0 Å². The molecule has 1 aliphatic rings. The molecule has 3 rings (SSSR count). The lowest BCUT2D eigenvalue weighted by molar-refractivity contribution is -0.141. The zero-order chi connectivity index (χ0) is 14.2. The number of halogens is 3. The fraction of sp³-hybridized carbons (Fsp3) is 0.462. The molecule has 2 aromatic rings. The van der Waals surface area contributed by atoms with Gasteiger partial charge in [-0.15, -0.1) is 0 Å². The van der Waals surface area contributed by atoms with Crippen molar-refractivity contribution >= 4 is 11.0 Å². The Balaban J connectivity index is 2.06. The van der Waals surface area contributed by atoms with Gasteiger partial charge < -0.3 is 14.6 Å². The van der Waals surface area contributed by atoms with Gasteiger partial charge in [-0.05, 0) is 12.1 Å². The van der Waals surface area contributed by atoms with Crippen LogP contribution in [0.5, 0.6) is 0 Å². The molecule has 1 aromatic carbocycles. The van der Waals surface area contributed by atoms with Crippen LogP contribution in [0.2, 0.25) is 0 Å². The first-order valence-corrected chi connectivity index (χ1v) is 6.39. The Hall–Kier alpha value is -1.60. The number of morpholine rings is 1. The van der Waals surface area contributed by atoms with Gasteiger partial charge in [0.05, 0.1) is 17.6 Å². The molecule has 108 valence electrons. The molecule has 1 aliphatic heterocycles. The lowest BCUT2D eigenvalue weighted by atomic mass is 10.3. The van der Waals surface area contributed by atoms with Crippen LogP contribution in [-0.2, 0) is 11.3 Å². The largest absolute Gasteiger partial charge is 0.406 e. The quantitative estimate of drug-likeness (QED) is 0.920. The van der Waals surface area contributed by atoms with E-state index in [9.17, 15) is 13.2 Å². The summed E-state index contributed by atoms with van der Waals surface area (Å²) in [7, 11) is 0. The number of para-hydroxylation sites is 2. The number of benzene rings is 1. The van der Waals surface area contributed by atoms with E-state index in [-0.39, 0.29) is 0 Å².